The lowest BCUT2D eigenvalue weighted by Gasteiger charge is -2.14. The van der Waals surface area contributed by atoms with Crippen molar-refractivity contribution in [1.82, 2.24) is 9.55 Å². The lowest BCUT2D eigenvalue weighted by atomic mass is 10.2. The molecule has 7 nitrogen and oxygen atoms in total. The number of benzene rings is 3. The number of hydrogen-bond donors (Lipinski definition) is 1. The van der Waals surface area contributed by atoms with Gasteiger partial charge in [0, 0.05) is 5.02 Å². The molecule has 1 amide bonds. The van der Waals surface area contributed by atoms with E-state index in [4.69, 9.17) is 21.1 Å². The molecule has 9 heteroatoms. The van der Waals surface area contributed by atoms with Gasteiger partial charge in [-0.2, -0.15) is 0 Å². The number of amides is 1. The van der Waals surface area contributed by atoms with Crippen LogP contribution < -0.4 is 20.3 Å². The van der Waals surface area contributed by atoms with Crippen LogP contribution in [0.2, 0.25) is 5.02 Å². The van der Waals surface area contributed by atoms with Crippen LogP contribution in [0.4, 0.5) is 5.69 Å². The minimum atomic E-state index is -0.286. The zero-order chi connectivity index (χ0) is 24.1. The number of methoxy groups -OCH3 is 1. The summed E-state index contributed by atoms with van der Waals surface area (Å²) in [7, 11) is 1.52. The van der Waals surface area contributed by atoms with E-state index in [2.05, 4.69) is 10.3 Å². The zero-order valence-corrected chi connectivity index (χ0v) is 20.2. The second kappa shape index (κ2) is 10.6. The van der Waals surface area contributed by atoms with Crippen molar-refractivity contribution in [2.75, 3.05) is 24.8 Å². The number of rotatable bonds is 8. The van der Waals surface area contributed by atoms with Crippen molar-refractivity contribution < 1.29 is 14.3 Å². The predicted octanol–water partition coefficient (Wildman–Crippen LogP) is 5.18. The van der Waals surface area contributed by atoms with Gasteiger partial charge in [-0.15, -0.1) is 0 Å². The molecule has 0 aliphatic carbocycles. The SMILES string of the molecule is CCOc1ccc(-n2c(SCC(=O)Nc3cc(Cl)ccc3OC)nc3ccccc3c2=O)cc1. The molecular weight excluding hydrogens is 474 g/mol. The Morgan fingerprint density at radius 3 is 2.62 bits per heavy atom. The molecule has 0 spiro atoms. The molecule has 4 aromatic rings. The van der Waals surface area contributed by atoms with Crippen molar-refractivity contribution in [3.63, 3.8) is 0 Å². The van der Waals surface area contributed by atoms with E-state index in [0.717, 1.165) is 0 Å². The molecule has 0 radical (unpaired) electrons. The Hall–Kier alpha value is -3.49. The number of hydrogen-bond acceptors (Lipinski definition) is 6. The third-order valence-electron chi connectivity index (χ3n) is 4.92. The molecule has 174 valence electrons. The number of thioether (sulfide) groups is 1. The first-order valence-electron chi connectivity index (χ1n) is 10.5. The van der Waals surface area contributed by atoms with Crippen LogP contribution in [0.25, 0.3) is 16.6 Å². The number of anilines is 1. The van der Waals surface area contributed by atoms with Crippen LogP contribution in [0.5, 0.6) is 11.5 Å². The highest BCUT2D eigenvalue weighted by Gasteiger charge is 2.16. The van der Waals surface area contributed by atoms with E-state index in [1.807, 2.05) is 13.0 Å². The summed E-state index contributed by atoms with van der Waals surface area (Å²) < 4.78 is 12.3. The highest BCUT2D eigenvalue weighted by molar-refractivity contribution is 7.99. The van der Waals surface area contributed by atoms with Crippen LogP contribution in [-0.4, -0.2) is 34.9 Å². The van der Waals surface area contributed by atoms with Crippen LogP contribution >= 0.6 is 23.4 Å². The van der Waals surface area contributed by atoms with Gasteiger partial charge < -0.3 is 14.8 Å². The molecule has 0 atom stereocenters. The fraction of sp³-hybridized carbons (Fsp3) is 0.160. The van der Waals surface area contributed by atoms with Crippen LogP contribution in [0.1, 0.15) is 6.92 Å². The van der Waals surface area contributed by atoms with Gasteiger partial charge in [0.25, 0.3) is 5.56 Å². The average Bonchev–Trinajstić information content (AvgIpc) is 2.84. The minimum Gasteiger partial charge on any atom is -0.495 e. The molecule has 1 aromatic heterocycles. The Morgan fingerprint density at radius 2 is 1.88 bits per heavy atom. The zero-order valence-electron chi connectivity index (χ0n) is 18.6. The van der Waals surface area contributed by atoms with Gasteiger partial charge in [0.15, 0.2) is 5.16 Å². The van der Waals surface area contributed by atoms with E-state index < -0.39 is 0 Å². The first kappa shape index (κ1) is 23.7. The van der Waals surface area contributed by atoms with E-state index in [1.54, 1.807) is 60.7 Å². The first-order valence-corrected chi connectivity index (χ1v) is 11.9. The molecule has 0 aliphatic heterocycles. The van der Waals surface area contributed by atoms with Crippen LogP contribution in [0.3, 0.4) is 0 Å². The highest BCUT2D eigenvalue weighted by Crippen LogP contribution is 2.28. The summed E-state index contributed by atoms with van der Waals surface area (Å²) >= 11 is 7.22. The van der Waals surface area contributed by atoms with Gasteiger partial charge in [0.2, 0.25) is 5.91 Å². The van der Waals surface area contributed by atoms with Gasteiger partial charge in [-0.1, -0.05) is 35.5 Å². The third-order valence-corrected chi connectivity index (χ3v) is 6.09. The standard InChI is InChI=1S/C25H22ClN3O4S/c1-3-33-18-11-9-17(10-12-18)29-24(31)19-6-4-5-7-20(19)28-25(29)34-15-23(30)27-21-14-16(26)8-13-22(21)32-2/h4-14H,3,15H2,1-2H3,(H,27,30). The molecule has 3 aromatic carbocycles. The maximum Gasteiger partial charge on any atom is 0.266 e. The number of carbonyl (C=O) groups is 1. The summed E-state index contributed by atoms with van der Waals surface area (Å²) in [6.07, 6.45) is 0. The monoisotopic (exact) mass is 495 g/mol. The predicted molar refractivity (Wildman–Crippen MR) is 136 cm³/mol. The number of nitrogens with one attached hydrogen (secondary N) is 1. The fourth-order valence-corrected chi connectivity index (χ4v) is 4.37. The lowest BCUT2D eigenvalue weighted by Crippen LogP contribution is -2.23. The maximum absolute atomic E-state index is 13.4. The van der Waals surface area contributed by atoms with Gasteiger partial charge in [-0.25, -0.2) is 4.98 Å². The van der Waals surface area contributed by atoms with E-state index in [0.29, 0.717) is 50.6 Å². The van der Waals surface area contributed by atoms with Gasteiger partial charge in [0.1, 0.15) is 11.5 Å². The molecule has 34 heavy (non-hydrogen) atoms. The summed E-state index contributed by atoms with van der Waals surface area (Å²) in [6, 6.07) is 19.3. The van der Waals surface area contributed by atoms with Crippen molar-refractivity contribution >= 4 is 45.9 Å². The Morgan fingerprint density at radius 1 is 1.12 bits per heavy atom. The largest absolute Gasteiger partial charge is 0.495 e. The fourth-order valence-electron chi connectivity index (χ4n) is 3.39. The molecule has 1 heterocycles. The van der Waals surface area contributed by atoms with Crippen molar-refractivity contribution in [1.29, 1.82) is 0 Å². The first-order chi connectivity index (χ1) is 16.5. The summed E-state index contributed by atoms with van der Waals surface area (Å²) in [6.45, 7) is 2.45. The smallest absolute Gasteiger partial charge is 0.266 e. The maximum atomic E-state index is 13.4. The summed E-state index contributed by atoms with van der Waals surface area (Å²) in [5.41, 5.74) is 1.45. The van der Waals surface area contributed by atoms with E-state index in [1.165, 1.54) is 23.4 Å². The molecule has 0 aliphatic rings. The Balaban J connectivity index is 1.65. The van der Waals surface area contributed by atoms with Crippen LogP contribution in [0.15, 0.2) is 76.7 Å². The third kappa shape index (κ3) is 5.18. The molecule has 0 unspecified atom stereocenters. The summed E-state index contributed by atoms with van der Waals surface area (Å²) in [5, 5.41) is 4.18. The number of carbonyl (C=O) groups excluding carboxylic acids is 1. The number of para-hydroxylation sites is 1. The Bertz CT molecular complexity index is 1390. The molecule has 1 N–H and O–H groups in total. The number of halogens is 1. The van der Waals surface area contributed by atoms with Crippen molar-refractivity contribution in [3.8, 4) is 17.2 Å². The summed E-state index contributed by atoms with van der Waals surface area (Å²) in [4.78, 5) is 30.7. The second-order valence-electron chi connectivity index (χ2n) is 7.16. The number of aromatic nitrogens is 2. The number of fused-ring (bicyclic) bond motifs is 1. The number of nitrogens with zero attached hydrogens (tertiary/aromatic N) is 2. The van der Waals surface area contributed by atoms with Crippen molar-refractivity contribution in [3.05, 3.63) is 82.1 Å². The topological polar surface area (TPSA) is 82.4 Å². The van der Waals surface area contributed by atoms with Gasteiger partial charge >= 0.3 is 0 Å². The molecule has 4 rings (SSSR count). The Kier molecular flexibility index (Phi) is 7.40. The van der Waals surface area contributed by atoms with Crippen molar-refractivity contribution in [2.45, 2.75) is 12.1 Å². The van der Waals surface area contributed by atoms with E-state index in [9.17, 15) is 9.59 Å². The molecule has 0 bridgehead atoms. The summed E-state index contributed by atoms with van der Waals surface area (Å²) in [5.74, 6) is 0.943. The average molecular weight is 496 g/mol. The van der Waals surface area contributed by atoms with Gasteiger partial charge in [0.05, 0.1) is 41.7 Å². The van der Waals surface area contributed by atoms with Crippen LogP contribution in [0, 0.1) is 0 Å². The minimum absolute atomic E-state index is 0.0253. The van der Waals surface area contributed by atoms with E-state index in [-0.39, 0.29) is 17.2 Å². The number of ether oxygens (including phenoxy) is 2. The van der Waals surface area contributed by atoms with Gasteiger partial charge in [-0.05, 0) is 61.5 Å². The molecular formula is C25H22ClN3O4S. The lowest BCUT2D eigenvalue weighted by molar-refractivity contribution is -0.113. The highest BCUT2D eigenvalue weighted by atomic mass is 35.5. The molecule has 0 fully saturated rings. The second-order valence-corrected chi connectivity index (χ2v) is 8.54. The Labute approximate surface area is 205 Å². The van der Waals surface area contributed by atoms with Crippen molar-refractivity contribution in [2.24, 2.45) is 0 Å². The molecule has 0 saturated heterocycles. The quantitative estimate of drug-likeness (QED) is 0.268. The van der Waals surface area contributed by atoms with Gasteiger partial charge in [-0.3, -0.25) is 14.2 Å². The molecule has 0 saturated carbocycles. The van der Waals surface area contributed by atoms with E-state index >= 15 is 0 Å². The van der Waals surface area contributed by atoms with Crippen LogP contribution in [-0.2, 0) is 4.79 Å². The normalized spacial score (nSPS) is 10.8.